The maximum atomic E-state index is 11.4. The number of rotatable bonds is 5. The van der Waals surface area contributed by atoms with Crippen molar-refractivity contribution < 1.29 is 33.4 Å². The number of esters is 3. The fraction of sp³-hybridized carbons (Fsp3) is 0.636. The van der Waals surface area contributed by atoms with Crippen LogP contribution in [0.15, 0.2) is 0 Å². The molecule has 1 aliphatic carbocycles. The zero-order valence-electron chi connectivity index (χ0n) is 10.1. The molecule has 0 amide bonds. The molecule has 7 heteroatoms. The molecule has 0 aliphatic heterocycles. The normalized spacial score (nSPS) is 24.9. The summed E-state index contributed by atoms with van der Waals surface area (Å²) in [7, 11) is 0. The van der Waals surface area contributed by atoms with Gasteiger partial charge in [-0.1, -0.05) is 0 Å². The van der Waals surface area contributed by atoms with E-state index in [-0.39, 0.29) is 13.2 Å². The number of aldehydes is 1. The summed E-state index contributed by atoms with van der Waals surface area (Å²) >= 11 is 0. The lowest BCUT2D eigenvalue weighted by Gasteiger charge is -2.03. The lowest BCUT2D eigenvalue weighted by Crippen LogP contribution is -2.23. The molecule has 0 aromatic rings. The molecule has 7 nitrogen and oxygen atoms in total. The Morgan fingerprint density at radius 3 is 2.17 bits per heavy atom. The van der Waals surface area contributed by atoms with Gasteiger partial charge in [0.05, 0.1) is 19.1 Å². The first-order chi connectivity index (χ1) is 8.56. The minimum absolute atomic E-state index is 0.0387. The Balaban J connectivity index is 2.52. The third-order valence-corrected chi connectivity index (χ3v) is 2.41. The molecule has 1 fully saturated rings. The molecule has 1 aliphatic rings. The predicted molar refractivity (Wildman–Crippen MR) is 56.2 cm³/mol. The van der Waals surface area contributed by atoms with Crippen LogP contribution >= 0.6 is 0 Å². The second-order valence-electron chi connectivity index (χ2n) is 3.58. The van der Waals surface area contributed by atoms with E-state index >= 15 is 0 Å². The number of hydrogen-bond donors (Lipinski definition) is 0. The molecule has 0 spiro atoms. The number of hydrogen-bond acceptors (Lipinski definition) is 7. The first-order valence-electron chi connectivity index (χ1n) is 5.56. The Labute approximate surface area is 103 Å². The van der Waals surface area contributed by atoms with Crippen molar-refractivity contribution in [2.24, 2.45) is 11.8 Å². The van der Waals surface area contributed by atoms with E-state index in [0.29, 0.717) is 6.29 Å². The van der Waals surface area contributed by atoms with Crippen LogP contribution in [0.25, 0.3) is 0 Å². The van der Waals surface area contributed by atoms with Gasteiger partial charge in [-0.15, -0.1) is 0 Å². The van der Waals surface area contributed by atoms with Crippen molar-refractivity contribution in [2.75, 3.05) is 13.2 Å². The van der Waals surface area contributed by atoms with Gasteiger partial charge in [0.1, 0.15) is 18.3 Å². The van der Waals surface area contributed by atoms with Crippen LogP contribution in [0.2, 0.25) is 0 Å². The predicted octanol–water partition coefficient (Wildman–Crippen LogP) is -0.531. The van der Waals surface area contributed by atoms with Gasteiger partial charge in [-0.2, -0.15) is 0 Å². The molecular weight excluding hydrogens is 244 g/mol. The van der Waals surface area contributed by atoms with Gasteiger partial charge in [-0.25, -0.2) is 9.59 Å². The molecule has 100 valence electrons. The molecule has 0 aromatic heterocycles. The van der Waals surface area contributed by atoms with Crippen LogP contribution in [0.1, 0.15) is 13.8 Å². The van der Waals surface area contributed by atoms with Crippen LogP contribution in [0.5, 0.6) is 0 Å². The van der Waals surface area contributed by atoms with E-state index in [4.69, 9.17) is 9.47 Å². The zero-order valence-corrected chi connectivity index (χ0v) is 10.1. The van der Waals surface area contributed by atoms with Crippen molar-refractivity contribution in [3.63, 3.8) is 0 Å². The Morgan fingerprint density at radius 1 is 1.06 bits per heavy atom. The van der Waals surface area contributed by atoms with Crippen molar-refractivity contribution >= 4 is 24.2 Å². The highest BCUT2D eigenvalue weighted by atomic mass is 16.6. The van der Waals surface area contributed by atoms with E-state index in [1.807, 2.05) is 0 Å². The fourth-order valence-electron chi connectivity index (χ4n) is 1.51. The summed E-state index contributed by atoms with van der Waals surface area (Å²) in [4.78, 5) is 44.2. The standard InChI is InChI=1S/C11H14O7/c1-3-16-9(13)7-6(5-12)8(7)18-11(15)10(14)17-4-2/h5-8H,3-4H2,1-2H3/t6-,7-,8-/m0/s1. The van der Waals surface area contributed by atoms with E-state index in [9.17, 15) is 19.2 Å². The highest BCUT2D eigenvalue weighted by molar-refractivity contribution is 6.29. The van der Waals surface area contributed by atoms with Gasteiger partial charge in [0, 0.05) is 0 Å². The number of ether oxygens (including phenoxy) is 3. The smallest absolute Gasteiger partial charge is 0.417 e. The van der Waals surface area contributed by atoms with Crippen LogP contribution in [-0.4, -0.2) is 43.5 Å². The van der Waals surface area contributed by atoms with Gasteiger partial charge < -0.3 is 19.0 Å². The minimum atomic E-state index is -1.21. The Morgan fingerprint density at radius 2 is 1.67 bits per heavy atom. The molecule has 1 rings (SSSR count). The molecule has 0 aromatic carbocycles. The van der Waals surface area contributed by atoms with Crippen LogP contribution in [0.3, 0.4) is 0 Å². The zero-order chi connectivity index (χ0) is 13.7. The molecule has 1 saturated carbocycles. The summed E-state index contributed by atoms with van der Waals surface area (Å²) < 4.78 is 13.9. The summed E-state index contributed by atoms with van der Waals surface area (Å²) in [6.07, 6.45) is -0.427. The Bertz CT molecular complexity index is 362. The van der Waals surface area contributed by atoms with Crippen molar-refractivity contribution in [3.05, 3.63) is 0 Å². The van der Waals surface area contributed by atoms with Crippen molar-refractivity contribution in [1.82, 2.24) is 0 Å². The quantitative estimate of drug-likeness (QED) is 0.283. The second kappa shape index (κ2) is 6.13. The van der Waals surface area contributed by atoms with Gasteiger partial charge in [0.2, 0.25) is 0 Å². The third-order valence-electron chi connectivity index (χ3n) is 2.41. The summed E-state index contributed by atoms with van der Waals surface area (Å²) in [6.45, 7) is 3.37. The second-order valence-corrected chi connectivity index (χ2v) is 3.58. The molecule has 18 heavy (non-hydrogen) atoms. The largest absolute Gasteiger partial charge is 0.466 e. The Kier molecular flexibility index (Phi) is 4.82. The van der Waals surface area contributed by atoms with E-state index < -0.39 is 35.8 Å². The lowest BCUT2D eigenvalue weighted by molar-refractivity contribution is -0.169. The summed E-state index contributed by atoms with van der Waals surface area (Å²) in [5.41, 5.74) is 0. The SMILES string of the molecule is CCOC(=O)C(=O)O[C@H]1[C@@H](C=O)[C@@H]1C(=O)OCC. The molecular formula is C11H14O7. The van der Waals surface area contributed by atoms with Crippen LogP contribution in [-0.2, 0) is 33.4 Å². The average Bonchev–Trinajstić information content (AvgIpc) is 3.02. The average molecular weight is 258 g/mol. The van der Waals surface area contributed by atoms with Gasteiger partial charge in [0.25, 0.3) is 0 Å². The molecule has 0 N–H and O–H groups in total. The molecule has 0 unspecified atom stereocenters. The maximum absolute atomic E-state index is 11.4. The highest BCUT2D eigenvalue weighted by Gasteiger charge is 2.59. The van der Waals surface area contributed by atoms with Crippen LogP contribution < -0.4 is 0 Å². The molecule has 0 heterocycles. The topological polar surface area (TPSA) is 96.0 Å². The first kappa shape index (κ1) is 14.1. The van der Waals surface area contributed by atoms with E-state index in [0.717, 1.165) is 0 Å². The van der Waals surface area contributed by atoms with E-state index in [1.54, 1.807) is 6.92 Å². The van der Waals surface area contributed by atoms with E-state index in [1.165, 1.54) is 6.92 Å². The third kappa shape index (κ3) is 3.06. The van der Waals surface area contributed by atoms with Crippen LogP contribution in [0.4, 0.5) is 0 Å². The van der Waals surface area contributed by atoms with Gasteiger partial charge in [-0.05, 0) is 13.8 Å². The molecule has 0 radical (unpaired) electrons. The van der Waals surface area contributed by atoms with Gasteiger partial charge in [-0.3, -0.25) is 4.79 Å². The first-order valence-corrected chi connectivity index (χ1v) is 5.56. The van der Waals surface area contributed by atoms with Gasteiger partial charge in [0.15, 0.2) is 0 Å². The maximum Gasteiger partial charge on any atom is 0.417 e. The van der Waals surface area contributed by atoms with Crippen molar-refractivity contribution in [3.8, 4) is 0 Å². The van der Waals surface area contributed by atoms with Gasteiger partial charge >= 0.3 is 17.9 Å². The molecule has 0 saturated heterocycles. The summed E-state index contributed by atoms with van der Waals surface area (Å²) in [5, 5.41) is 0. The Hall–Kier alpha value is -1.92. The monoisotopic (exact) mass is 258 g/mol. The fourth-order valence-corrected chi connectivity index (χ4v) is 1.51. The van der Waals surface area contributed by atoms with Crippen LogP contribution in [0, 0.1) is 11.8 Å². The lowest BCUT2D eigenvalue weighted by atomic mass is 10.3. The summed E-state index contributed by atoms with van der Waals surface area (Å²) in [6, 6.07) is 0. The van der Waals surface area contributed by atoms with E-state index in [2.05, 4.69) is 4.74 Å². The molecule has 3 atom stereocenters. The number of carbonyl (C=O) groups is 4. The minimum Gasteiger partial charge on any atom is -0.466 e. The summed E-state index contributed by atoms with van der Waals surface area (Å²) in [5.74, 6) is -4.53. The van der Waals surface area contributed by atoms with Crippen molar-refractivity contribution in [2.45, 2.75) is 20.0 Å². The highest BCUT2D eigenvalue weighted by Crippen LogP contribution is 2.41. The molecule has 0 bridgehead atoms. The number of carbonyl (C=O) groups excluding carboxylic acids is 4. The van der Waals surface area contributed by atoms with Crippen molar-refractivity contribution in [1.29, 1.82) is 0 Å².